The van der Waals surface area contributed by atoms with Crippen molar-refractivity contribution in [2.75, 3.05) is 65.4 Å². The van der Waals surface area contributed by atoms with Crippen LogP contribution >= 0.6 is 0 Å². The summed E-state index contributed by atoms with van der Waals surface area (Å²) in [6, 6.07) is 0. The van der Waals surface area contributed by atoms with Crippen molar-refractivity contribution >= 4 is 24.1 Å². The van der Waals surface area contributed by atoms with Gasteiger partial charge in [0.25, 0.3) is 0 Å². The smallest absolute Gasteiger partial charge is 0.407 e. The molecule has 1 saturated heterocycles. The van der Waals surface area contributed by atoms with Gasteiger partial charge >= 0.3 is 18.2 Å². The monoisotopic (exact) mass is 600 g/mol. The summed E-state index contributed by atoms with van der Waals surface area (Å²) in [5, 5.41) is 8.86. The van der Waals surface area contributed by atoms with Crippen LogP contribution in [-0.2, 0) is 23.8 Å². The third-order valence-electron chi connectivity index (χ3n) is 6.33. The number of esters is 1. The number of carbonyl (C=O) groups excluding carboxylic acids is 4. The molecule has 1 aliphatic rings. The van der Waals surface area contributed by atoms with Gasteiger partial charge in [-0.25, -0.2) is 14.4 Å². The molecule has 12 nitrogen and oxygen atoms in total. The van der Waals surface area contributed by atoms with Crippen molar-refractivity contribution in [3.8, 4) is 0 Å². The molecule has 0 spiro atoms. The van der Waals surface area contributed by atoms with Crippen LogP contribution in [0.5, 0.6) is 0 Å². The number of ether oxygens (including phenoxy) is 3. The van der Waals surface area contributed by atoms with Gasteiger partial charge in [0.15, 0.2) is 6.54 Å². The lowest BCUT2D eigenvalue weighted by molar-refractivity contribution is -0.921. The van der Waals surface area contributed by atoms with Gasteiger partial charge in [-0.05, 0) is 62.3 Å². The number of nitrogens with one attached hydrogen (secondary N) is 3. The molecular weight excluding hydrogens is 542 g/mol. The van der Waals surface area contributed by atoms with Crippen molar-refractivity contribution < 1.29 is 37.9 Å². The number of quaternary nitrogens is 1. The second kappa shape index (κ2) is 16.9. The first-order chi connectivity index (χ1) is 19.3. The van der Waals surface area contributed by atoms with Gasteiger partial charge in [-0.2, -0.15) is 0 Å². The number of carbonyl (C=O) groups is 4. The molecule has 0 aromatic carbocycles. The molecule has 0 aromatic heterocycles. The molecule has 0 unspecified atom stereocenters. The van der Waals surface area contributed by atoms with Crippen LogP contribution in [0.25, 0.3) is 0 Å². The number of hydrogen-bond acceptors (Lipinski definition) is 8. The molecule has 0 saturated carbocycles. The van der Waals surface area contributed by atoms with E-state index in [1.54, 1.807) is 0 Å². The van der Waals surface area contributed by atoms with E-state index in [-0.39, 0.29) is 18.4 Å². The van der Waals surface area contributed by atoms with Gasteiger partial charge in [0.1, 0.15) is 16.8 Å². The number of rotatable bonds is 14. The fraction of sp³-hybridized carbons (Fsp3) is 0.867. The second-order valence-electron chi connectivity index (χ2n) is 14.1. The number of hydrogen-bond donors (Lipinski definition) is 3. The molecule has 0 aromatic rings. The van der Waals surface area contributed by atoms with Gasteiger partial charge in [-0.3, -0.25) is 4.79 Å². The predicted molar refractivity (Wildman–Crippen MR) is 162 cm³/mol. The Morgan fingerprint density at radius 3 is 1.55 bits per heavy atom. The minimum atomic E-state index is -0.637. The molecule has 1 heterocycles. The highest BCUT2D eigenvalue weighted by atomic mass is 16.6. The van der Waals surface area contributed by atoms with E-state index in [1.807, 2.05) is 67.2 Å². The summed E-state index contributed by atoms with van der Waals surface area (Å²) < 4.78 is 16.8. The normalized spacial score (nSPS) is 14.6. The summed E-state index contributed by atoms with van der Waals surface area (Å²) in [5.74, 6) is -0.207. The Hall–Kier alpha value is -2.60. The summed E-state index contributed by atoms with van der Waals surface area (Å²) in [5.41, 5.74) is -1.83. The van der Waals surface area contributed by atoms with Gasteiger partial charge in [0, 0.05) is 65.0 Å². The lowest BCUT2D eigenvalue weighted by atomic mass is 10.1. The van der Waals surface area contributed by atoms with E-state index < -0.39 is 29.0 Å². The molecule has 1 fully saturated rings. The molecule has 0 aliphatic carbocycles. The maximum atomic E-state index is 13.1. The van der Waals surface area contributed by atoms with Crippen molar-refractivity contribution in [2.24, 2.45) is 0 Å². The minimum absolute atomic E-state index is 0.116. The van der Waals surface area contributed by atoms with Gasteiger partial charge in [0.2, 0.25) is 5.91 Å². The standard InChI is InChI=1S/C30H57N5O7/c1-28(2,3)40-25(37)23-35(21-11-14-32-26(38)41-29(4,5)6,22-12-15-33-27(39)42-30(7,8)9)20-10-13-24(36)34-18-16-31-17-19-34/h31H,10-23H2,1-9H3,(H-,32,33,38,39)/p+1. The van der Waals surface area contributed by atoms with Crippen molar-refractivity contribution in [2.45, 2.75) is 105 Å². The Bertz CT molecular complexity index is 833. The Balaban J connectivity index is 2.98. The molecule has 1 aliphatic heterocycles. The van der Waals surface area contributed by atoms with Crippen LogP contribution in [0.4, 0.5) is 9.59 Å². The van der Waals surface area contributed by atoms with Crippen molar-refractivity contribution in [1.82, 2.24) is 20.9 Å². The van der Waals surface area contributed by atoms with Gasteiger partial charge in [-0.15, -0.1) is 0 Å². The topological polar surface area (TPSA) is 135 Å². The summed E-state index contributed by atoms with van der Waals surface area (Å²) in [6.45, 7) is 21.9. The number of amides is 3. The maximum absolute atomic E-state index is 13.1. The second-order valence-corrected chi connectivity index (χ2v) is 14.1. The predicted octanol–water partition coefficient (Wildman–Crippen LogP) is 3.19. The number of nitrogens with zero attached hydrogens (tertiary/aromatic N) is 2. The maximum Gasteiger partial charge on any atom is 0.407 e. The first-order valence-electron chi connectivity index (χ1n) is 15.3. The molecule has 1 rings (SSSR count). The average Bonchev–Trinajstić information content (AvgIpc) is 2.81. The van der Waals surface area contributed by atoms with Crippen molar-refractivity contribution in [3.05, 3.63) is 0 Å². The Labute approximate surface area is 253 Å². The Kier molecular flexibility index (Phi) is 15.0. The quantitative estimate of drug-likeness (QED) is 0.120. The van der Waals surface area contributed by atoms with Crippen LogP contribution in [-0.4, -0.2) is 116 Å². The van der Waals surface area contributed by atoms with E-state index in [9.17, 15) is 19.2 Å². The lowest BCUT2D eigenvalue weighted by Gasteiger charge is -2.39. The average molecular weight is 601 g/mol. The number of piperazine rings is 1. The first-order valence-corrected chi connectivity index (χ1v) is 15.3. The van der Waals surface area contributed by atoms with Crippen molar-refractivity contribution in [1.29, 1.82) is 0 Å². The Morgan fingerprint density at radius 2 is 1.12 bits per heavy atom. The number of alkyl carbamates (subject to hydrolysis) is 2. The van der Waals surface area contributed by atoms with Crippen LogP contribution in [0, 0.1) is 0 Å². The van der Waals surface area contributed by atoms with Crippen LogP contribution in [0.1, 0.15) is 88.0 Å². The molecule has 42 heavy (non-hydrogen) atoms. The zero-order chi connectivity index (χ0) is 32.0. The molecule has 0 radical (unpaired) electrons. The fourth-order valence-electron chi connectivity index (χ4n) is 4.70. The highest BCUT2D eigenvalue weighted by Gasteiger charge is 2.33. The zero-order valence-corrected chi connectivity index (χ0v) is 27.7. The SMILES string of the molecule is CC(C)(C)OC(=O)C[N+](CCCNC(=O)OC(C)(C)C)(CCCNC(=O)OC(C)(C)C)CCCC(=O)N1CCNCC1. The van der Waals surface area contributed by atoms with Crippen LogP contribution < -0.4 is 16.0 Å². The van der Waals surface area contributed by atoms with E-state index in [4.69, 9.17) is 14.2 Å². The minimum Gasteiger partial charge on any atom is -0.456 e. The third-order valence-corrected chi connectivity index (χ3v) is 6.33. The third kappa shape index (κ3) is 18.0. The molecule has 0 atom stereocenters. The van der Waals surface area contributed by atoms with Gasteiger partial charge in [0.05, 0.1) is 19.6 Å². The summed E-state index contributed by atoms with van der Waals surface area (Å²) in [6.07, 6.45) is 1.19. The highest BCUT2D eigenvalue weighted by molar-refractivity contribution is 5.76. The van der Waals surface area contributed by atoms with Crippen molar-refractivity contribution in [3.63, 3.8) is 0 Å². The van der Waals surface area contributed by atoms with E-state index in [2.05, 4.69) is 16.0 Å². The summed E-state index contributed by atoms with van der Waals surface area (Å²) >= 11 is 0. The summed E-state index contributed by atoms with van der Waals surface area (Å²) in [4.78, 5) is 52.2. The fourth-order valence-corrected chi connectivity index (χ4v) is 4.70. The largest absolute Gasteiger partial charge is 0.456 e. The van der Waals surface area contributed by atoms with E-state index >= 15 is 0 Å². The van der Waals surface area contributed by atoms with Crippen LogP contribution in [0.3, 0.4) is 0 Å². The van der Waals surface area contributed by atoms with Crippen LogP contribution in [0.2, 0.25) is 0 Å². The van der Waals surface area contributed by atoms with Crippen LogP contribution in [0.15, 0.2) is 0 Å². The molecule has 3 N–H and O–H groups in total. The van der Waals surface area contributed by atoms with E-state index in [0.717, 1.165) is 13.1 Å². The zero-order valence-electron chi connectivity index (χ0n) is 27.7. The summed E-state index contributed by atoms with van der Waals surface area (Å²) in [7, 11) is 0. The molecule has 244 valence electrons. The first kappa shape index (κ1) is 37.4. The highest BCUT2D eigenvalue weighted by Crippen LogP contribution is 2.17. The molecule has 3 amide bonds. The van der Waals surface area contributed by atoms with Gasteiger partial charge in [-0.1, -0.05) is 0 Å². The Morgan fingerprint density at radius 1 is 0.690 bits per heavy atom. The van der Waals surface area contributed by atoms with E-state index in [0.29, 0.717) is 76.0 Å². The van der Waals surface area contributed by atoms with Gasteiger partial charge < -0.3 is 39.5 Å². The van der Waals surface area contributed by atoms with E-state index in [1.165, 1.54) is 0 Å². The molecular formula is C30H58N5O7+. The molecule has 12 heteroatoms. The lowest BCUT2D eigenvalue weighted by Crippen LogP contribution is -2.55. The molecule has 0 bridgehead atoms.